The zero-order valence-corrected chi connectivity index (χ0v) is 21.3. The molecule has 1 aliphatic heterocycles. The minimum Gasteiger partial charge on any atom is -0.493 e. The van der Waals surface area contributed by atoms with Crippen LogP contribution in [0.4, 0.5) is 5.95 Å². The van der Waals surface area contributed by atoms with Crippen LogP contribution in [0, 0.1) is 5.41 Å². The molecule has 35 heavy (non-hydrogen) atoms. The lowest BCUT2D eigenvalue weighted by Gasteiger charge is -2.38. The van der Waals surface area contributed by atoms with Gasteiger partial charge in [-0.25, -0.2) is 4.68 Å². The fourth-order valence-corrected chi connectivity index (χ4v) is 5.35. The molecule has 8 heteroatoms. The molecule has 0 bridgehead atoms. The molecule has 0 saturated heterocycles. The molecule has 0 amide bonds. The number of ether oxygens (including phenoxy) is 2. The van der Waals surface area contributed by atoms with Gasteiger partial charge in [-0.05, 0) is 40.8 Å². The zero-order chi connectivity index (χ0) is 24.6. The van der Waals surface area contributed by atoms with E-state index < -0.39 is 0 Å². The van der Waals surface area contributed by atoms with Gasteiger partial charge in [0.1, 0.15) is 12.6 Å². The number of rotatable bonds is 7. The van der Waals surface area contributed by atoms with Gasteiger partial charge in [-0.2, -0.15) is 4.98 Å². The second kappa shape index (κ2) is 9.41. The van der Waals surface area contributed by atoms with Crippen molar-refractivity contribution in [3.63, 3.8) is 0 Å². The number of aromatic nitrogens is 3. The number of hydrogen-bond donors (Lipinski definition) is 1. The average Bonchev–Trinajstić information content (AvgIpc) is 3.23. The van der Waals surface area contributed by atoms with E-state index >= 15 is 0 Å². The number of hydrogen-bond acceptors (Lipinski definition) is 7. The van der Waals surface area contributed by atoms with E-state index in [0.717, 1.165) is 34.6 Å². The first-order valence-corrected chi connectivity index (χ1v) is 12.8. The summed E-state index contributed by atoms with van der Waals surface area (Å²) in [6.45, 7) is 6.78. The van der Waals surface area contributed by atoms with Crippen LogP contribution in [0.3, 0.4) is 0 Å². The molecule has 2 aromatic carbocycles. The standard InChI is InChI=1S/C27H30N4O3S/c1-5-35-26-29-25-28-19-14-27(2,3)15-20(32)23(19)24(31(25)30-26)18-11-12-21(22(13-18)33-4)34-16-17-9-7-6-8-10-17/h6-13,24H,5,14-16H2,1-4H3,(H,28,29,30). The maximum atomic E-state index is 13.4. The monoisotopic (exact) mass is 490 g/mol. The highest BCUT2D eigenvalue weighted by molar-refractivity contribution is 7.99. The molecule has 0 saturated carbocycles. The Morgan fingerprint density at radius 1 is 1.14 bits per heavy atom. The molecule has 182 valence electrons. The molecule has 0 spiro atoms. The summed E-state index contributed by atoms with van der Waals surface area (Å²) in [5.41, 5.74) is 3.58. The van der Waals surface area contributed by atoms with Crippen molar-refractivity contribution in [3.05, 3.63) is 70.9 Å². The normalized spacial score (nSPS) is 18.5. The molecule has 2 heterocycles. The zero-order valence-electron chi connectivity index (χ0n) is 20.5. The maximum Gasteiger partial charge on any atom is 0.227 e. The minimum atomic E-state index is -0.374. The molecule has 5 rings (SSSR count). The van der Waals surface area contributed by atoms with Crippen LogP contribution in [-0.4, -0.2) is 33.4 Å². The number of benzene rings is 2. The highest BCUT2D eigenvalue weighted by Crippen LogP contribution is 2.46. The molecule has 3 aromatic rings. The van der Waals surface area contributed by atoms with Crippen molar-refractivity contribution in [1.29, 1.82) is 0 Å². The van der Waals surface area contributed by atoms with Gasteiger partial charge in [-0.15, -0.1) is 5.10 Å². The van der Waals surface area contributed by atoms with E-state index in [0.29, 0.717) is 35.6 Å². The van der Waals surface area contributed by atoms with Crippen molar-refractivity contribution in [1.82, 2.24) is 14.8 Å². The fraction of sp³-hybridized carbons (Fsp3) is 0.370. The van der Waals surface area contributed by atoms with E-state index in [9.17, 15) is 4.79 Å². The number of Topliss-reactive ketones (excluding diaryl/α,β-unsaturated/α-hetero) is 1. The van der Waals surface area contributed by atoms with Gasteiger partial charge in [-0.1, -0.05) is 68.9 Å². The first kappa shape index (κ1) is 23.5. The third-order valence-corrected chi connectivity index (χ3v) is 7.05. The fourth-order valence-electron chi connectivity index (χ4n) is 4.80. The number of anilines is 1. The van der Waals surface area contributed by atoms with Gasteiger partial charge >= 0.3 is 0 Å². The number of carbonyl (C=O) groups excluding carboxylic acids is 1. The SMILES string of the molecule is CCSc1nc2n(n1)C(c1ccc(OCc3ccccc3)c(OC)c1)C1=C(CC(C)(C)CC1=O)N2. The third-order valence-electron chi connectivity index (χ3n) is 6.33. The van der Waals surface area contributed by atoms with Gasteiger partial charge in [-0.3, -0.25) is 4.79 Å². The smallest absolute Gasteiger partial charge is 0.227 e. The number of nitrogens with zero attached hydrogens (tertiary/aromatic N) is 3. The summed E-state index contributed by atoms with van der Waals surface area (Å²) in [7, 11) is 1.63. The lowest BCUT2D eigenvalue weighted by Crippen LogP contribution is -2.36. The number of fused-ring (bicyclic) bond motifs is 1. The Balaban J connectivity index is 1.54. The van der Waals surface area contributed by atoms with Crippen molar-refractivity contribution in [3.8, 4) is 11.5 Å². The molecule has 0 radical (unpaired) electrons. The van der Waals surface area contributed by atoms with Crippen LogP contribution in [-0.2, 0) is 11.4 Å². The summed E-state index contributed by atoms with van der Waals surface area (Å²) in [4.78, 5) is 18.1. The van der Waals surface area contributed by atoms with Crippen LogP contribution in [0.5, 0.6) is 11.5 Å². The Labute approximate surface area is 209 Å². The molecule has 1 aromatic heterocycles. The molecule has 1 aliphatic carbocycles. The number of nitrogens with one attached hydrogen (secondary N) is 1. The van der Waals surface area contributed by atoms with E-state index in [4.69, 9.17) is 19.6 Å². The predicted molar refractivity (Wildman–Crippen MR) is 137 cm³/mol. The van der Waals surface area contributed by atoms with Crippen LogP contribution < -0.4 is 14.8 Å². The summed E-state index contributed by atoms with van der Waals surface area (Å²) in [6, 6.07) is 15.5. The lowest BCUT2D eigenvalue weighted by atomic mass is 9.73. The molecule has 0 fully saturated rings. The van der Waals surface area contributed by atoms with Crippen molar-refractivity contribution in [2.24, 2.45) is 5.41 Å². The van der Waals surface area contributed by atoms with E-state index in [-0.39, 0.29) is 17.2 Å². The van der Waals surface area contributed by atoms with E-state index in [1.807, 2.05) is 53.2 Å². The Morgan fingerprint density at radius 2 is 1.94 bits per heavy atom. The number of thioether (sulfide) groups is 1. The molecule has 1 N–H and O–H groups in total. The van der Waals surface area contributed by atoms with Gasteiger partial charge in [0.25, 0.3) is 0 Å². The number of allylic oxidation sites excluding steroid dienone is 2. The van der Waals surface area contributed by atoms with Gasteiger partial charge < -0.3 is 14.8 Å². The predicted octanol–water partition coefficient (Wildman–Crippen LogP) is 5.64. The molecule has 1 unspecified atom stereocenters. The van der Waals surface area contributed by atoms with E-state index in [1.165, 1.54) is 0 Å². The first-order valence-electron chi connectivity index (χ1n) is 11.9. The second-order valence-electron chi connectivity index (χ2n) is 9.64. The van der Waals surface area contributed by atoms with Crippen molar-refractivity contribution >= 4 is 23.5 Å². The third kappa shape index (κ3) is 4.67. The van der Waals surface area contributed by atoms with E-state index in [1.54, 1.807) is 18.9 Å². The average molecular weight is 491 g/mol. The first-order chi connectivity index (χ1) is 16.9. The molecule has 2 aliphatic rings. The Morgan fingerprint density at radius 3 is 2.69 bits per heavy atom. The summed E-state index contributed by atoms with van der Waals surface area (Å²) < 4.78 is 13.6. The summed E-state index contributed by atoms with van der Waals surface area (Å²) in [5, 5.41) is 8.88. The van der Waals surface area contributed by atoms with Gasteiger partial charge in [0.05, 0.1) is 7.11 Å². The van der Waals surface area contributed by atoms with Crippen LogP contribution in [0.15, 0.2) is 65.0 Å². The van der Waals surface area contributed by atoms with E-state index in [2.05, 4.69) is 26.1 Å². The summed E-state index contributed by atoms with van der Waals surface area (Å²) in [5.74, 6) is 2.95. The van der Waals surface area contributed by atoms with Crippen LogP contribution in [0.25, 0.3) is 0 Å². The largest absolute Gasteiger partial charge is 0.493 e. The quantitative estimate of drug-likeness (QED) is 0.430. The molecular formula is C27H30N4O3S. The number of carbonyl (C=O) groups is 1. The van der Waals surface area contributed by atoms with Crippen LogP contribution >= 0.6 is 11.8 Å². The van der Waals surface area contributed by atoms with Gasteiger partial charge in [0, 0.05) is 17.7 Å². The number of methoxy groups -OCH3 is 1. The molecular weight excluding hydrogens is 460 g/mol. The minimum absolute atomic E-state index is 0.108. The highest BCUT2D eigenvalue weighted by Gasteiger charge is 2.42. The number of ketones is 1. The summed E-state index contributed by atoms with van der Waals surface area (Å²) >= 11 is 1.58. The van der Waals surface area contributed by atoms with Crippen molar-refractivity contribution in [2.45, 2.75) is 51.4 Å². The molecule has 1 atom stereocenters. The van der Waals surface area contributed by atoms with Gasteiger partial charge in [0.2, 0.25) is 11.1 Å². The Bertz CT molecular complexity index is 1280. The van der Waals surface area contributed by atoms with Crippen LogP contribution in [0.1, 0.15) is 50.8 Å². The summed E-state index contributed by atoms with van der Waals surface area (Å²) in [6.07, 6.45) is 1.28. The molecule has 7 nitrogen and oxygen atoms in total. The maximum absolute atomic E-state index is 13.4. The van der Waals surface area contributed by atoms with Crippen molar-refractivity contribution < 1.29 is 14.3 Å². The van der Waals surface area contributed by atoms with Crippen LogP contribution in [0.2, 0.25) is 0 Å². The lowest BCUT2D eigenvalue weighted by molar-refractivity contribution is -0.118. The van der Waals surface area contributed by atoms with Crippen molar-refractivity contribution in [2.75, 3.05) is 18.2 Å². The Kier molecular flexibility index (Phi) is 6.32. The second-order valence-corrected chi connectivity index (χ2v) is 10.9. The van der Waals surface area contributed by atoms with Gasteiger partial charge in [0.15, 0.2) is 17.3 Å². The Hall–Kier alpha value is -3.26. The highest BCUT2D eigenvalue weighted by atomic mass is 32.2. The topological polar surface area (TPSA) is 78.3 Å².